The van der Waals surface area contributed by atoms with Crippen LogP contribution in [0.3, 0.4) is 0 Å². The summed E-state index contributed by atoms with van der Waals surface area (Å²) in [5.74, 6) is 0.830. The monoisotopic (exact) mass is 441 g/mol. The van der Waals surface area contributed by atoms with E-state index in [0.29, 0.717) is 23.8 Å². The Balaban J connectivity index is 2.91. The van der Waals surface area contributed by atoms with Crippen molar-refractivity contribution in [1.82, 2.24) is 10.3 Å². The van der Waals surface area contributed by atoms with Gasteiger partial charge in [-0.3, -0.25) is 9.78 Å². The smallest absolute Gasteiger partial charge is 0.223 e. The van der Waals surface area contributed by atoms with Gasteiger partial charge in [-0.25, -0.2) is 0 Å². The number of aromatic nitrogens is 1. The number of hydrogen-bond donors (Lipinski definition) is 3. The summed E-state index contributed by atoms with van der Waals surface area (Å²) in [6.45, 7) is 8.27. The molecular weight excluding hydrogens is 406 g/mol. The van der Waals surface area contributed by atoms with Gasteiger partial charge in [0, 0.05) is 64.1 Å². The summed E-state index contributed by atoms with van der Waals surface area (Å²) in [6, 6.07) is 1.86. The number of pyridine rings is 1. The standard InChI is InChI=1S/C24H35N5O3/c1-14(2)21(32-8)13-28-24-22-15(3)19(29(6)16(4)30)12-27-18(22)9-20(31-7)23(24)17(10-25)11-26-5/h9-12,14,21,25-26,28H,13H2,1-8H3/b17-11+,25-10?. The molecule has 8 nitrogen and oxygen atoms in total. The molecule has 1 unspecified atom stereocenters. The summed E-state index contributed by atoms with van der Waals surface area (Å²) in [4.78, 5) is 18.3. The zero-order chi connectivity index (χ0) is 24.0. The first-order valence-corrected chi connectivity index (χ1v) is 10.6. The molecule has 1 aromatic carbocycles. The minimum absolute atomic E-state index is 0.0165. The van der Waals surface area contributed by atoms with Crippen molar-refractivity contribution >= 4 is 40.0 Å². The van der Waals surface area contributed by atoms with E-state index in [0.717, 1.165) is 33.4 Å². The number of allylic oxidation sites excluding steroid dienone is 1. The molecule has 0 fully saturated rings. The van der Waals surface area contributed by atoms with E-state index in [1.165, 1.54) is 13.1 Å². The average molecular weight is 442 g/mol. The van der Waals surface area contributed by atoms with Gasteiger partial charge in [0.15, 0.2) is 0 Å². The molecule has 0 saturated heterocycles. The van der Waals surface area contributed by atoms with Gasteiger partial charge in [0.05, 0.1) is 41.9 Å². The number of methoxy groups -OCH3 is 2. The van der Waals surface area contributed by atoms with E-state index in [1.807, 2.05) is 13.0 Å². The highest BCUT2D eigenvalue weighted by Crippen LogP contribution is 2.41. The molecule has 1 heterocycles. The molecule has 0 bridgehead atoms. The lowest BCUT2D eigenvalue weighted by molar-refractivity contribution is -0.116. The maximum atomic E-state index is 12.1. The summed E-state index contributed by atoms with van der Waals surface area (Å²) in [5.41, 5.74) is 4.55. The van der Waals surface area contributed by atoms with Gasteiger partial charge < -0.3 is 30.4 Å². The third kappa shape index (κ3) is 5.02. The molecule has 174 valence electrons. The highest BCUT2D eigenvalue weighted by Gasteiger charge is 2.23. The van der Waals surface area contributed by atoms with Gasteiger partial charge in [0.1, 0.15) is 5.75 Å². The maximum Gasteiger partial charge on any atom is 0.223 e. The second kappa shape index (κ2) is 10.9. The van der Waals surface area contributed by atoms with Crippen LogP contribution in [-0.2, 0) is 9.53 Å². The zero-order valence-corrected chi connectivity index (χ0v) is 20.3. The Hall–Kier alpha value is -3.13. The maximum absolute atomic E-state index is 12.1. The lowest BCUT2D eigenvalue weighted by Crippen LogP contribution is -2.28. The first kappa shape index (κ1) is 25.1. The fourth-order valence-corrected chi connectivity index (χ4v) is 3.75. The number of anilines is 2. The summed E-state index contributed by atoms with van der Waals surface area (Å²) < 4.78 is 11.4. The van der Waals surface area contributed by atoms with Crippen LogP contribution in [0.1, 0.15) is 31.9 Å². The van der Waals surface area contributed by atoms with Crippen molar-refractivity contribution in [2.45, 2.75) is 33.8 Å². The molecule has 0 radical (unpaired) electrons. The van der Waals surface area contributed by atoms with Crippen molar-refractivity contribution in [3.63, 3.8) is 0 Å². The zero-order valence-electron chi connectivity index (χ0n) is 20.3. The quantitative estimate of drug-likeness (QED) is 0.485. The topological polar surface area (TPSA) is 99.6 Å². The second-order valence-electron chi connectivity index (χ2n) is 8.00. The Labute approximate surface area is 190 Å². The molecule has 0 saturated carbocycles. The van der Waals surface area contributed by atoms with Gasteiger partial charge in [0.2, 0.25) is 5.91 Å². The molecule has 0 aliphatic heterocycles. The normalized spacial score (nSPS) is 12.6. The van der Waals surface area contributed by atoms with Gasteiger partial charge in [-0.2, -0.15) is 0 Å². The highest BCUT2D eigenvalue weighted by atomic mass is 16.5. The highest BCUT2D eigenvalue weighted by molar-refractivity contribution is 6.16. The van der Waals surface area contributed by atoms with Crippen LogP contribution in [0.15, 0.2) is 18.5 Å². The van der Waals surface area contributed by atoms with Crippen LogP contribution in [0.25, 0.3) is 16.5 Å². The lowest BCUT2D eigenvalue weighted by atomic mass is 9.96. The fraction of sp³-hybridized carbons (Fsp3) is 0.458. The number of benzene rings is 1. The first-order valence-electron chi connectivity index (χ1n) is 10.6. The molecule has 1 atom stereocenters. The van der Waals surface area contributed by atoms with Crippen LogP contribution < -0.4 is 20.3 Å². The van der Waals surface area contributed by atoms with Gasteiger partial charge in [0.25, 0.3) is 0 Å². The molecule has 8 heteroatoms. The van der Waals surface area contributed by atoms with Crippen molar-refractivity contribution < 1.29 is 14.3 Å². The molecule has 3 N–H and O–H groups in total. The van der Waals surface area contributed by atoms with E-state index in [9.17, 15) is 4.79 Å². The molecule has 1 amide bonds. The number of fused-ring (bicyclic) bond motifs is 1. The minimum Gasteiger partial charge on any atom is -0.496 e. The van der Waals surface area contributed by atoms with Gasteiger partial charge in [-0.1, -0.05) is 13.8 Å². The predicted octanol–water partition coefficient (Wildman–Crippen LogP) is 3.83. The number of amides is 1. The number of aryl methyl sites for hydroxylation is 1. The molecule has 1 aromatic heterocycles. The van der Waals surface area contributed by atoms with Crippen molar-refractivity contribution in [3.05, 3.63) is 29.6 Å². The van der Waals surface area contributed by atoms with Gasteiger partial charge in [-0.05, 0) is 18.4 Å². The SMILES string of the molecule is CN/C=C(\C=N)c1c(OC)cc2ncc(N(C)C(C)=O)c(C)c2c1NCC(OC)C(C)C. The minimum atomic E-state index is -0.0768. The largest absolute Gasteiger partial charge is 0.496 e. The summed E-state index contributed by atoms with van der Waals surface area (Å²) in [6.07, 6.45) is 4.73. The van der Waals surface area contributed by atoms with Crippen LogP contribution >= 0.6 is 0 Å². The summed E-state index contributed by atoms with van der Waals surface area (Å²) in [5, 5.41) is 15.4. The van der Waals surface area contributed by atoms with E-state index < -0.39 is 0 Å². The molecule has 0 spiro atoms. The van der Waals surface area contributed by atoms with Crippen molar-refractivity contribution in [2.75, 3.05) is 45.1 Å². The molecular formula is C24H35N5O3. The molecule has 0 aliphatic carbocycles. The number of carbonyl (C=O) groups excluding carboxylic acids is 1. The number of carbonyl (C=O) groups is 1. The number of nitrogens with zero attached hydrogens (tertiary/aromatic N) is 2. The van der Waals surface area contributed by atoms with Crippen molar-refractivity contribution in [1.29, 1.82) is 5.41 Å². The summed E-state index contributed by atoms with van der Waals surface area (Å²) >= 11 is 0. The predicted molar refractivity (Wildman–Crippen MR) is 132 cm³/mol. The van der Waals surface area contributed by atoms with E-state index in [-0.39, 0.29) is 12.0 Å². The third-order valence-corrected chi connectivity index (χ3v) is 5.68. The Morgan fingerprint density at radius 3 is 2.53 bits per heavy atom. The molecule has 0 aliphatic rings. The number of hydrogen-bond acceptors (Lipinski definition) is 7. The van der Waals surface area contributed by atoms with E-state index >= 15 is 0 Å². The Bertz CT molecular complexity index is 1020. The summed E-state index contributed by atoms with van der Waals surface area (Å²) in [7, 11) is 6.83. The lowest BCUT2D eigenvalue weighted by Gasteiger charge is -2.25. The van der Waals surface area contributed by atoms with Crippen molar-refractivity contribution in [2.24, 2.45) is 5.92 Å². The fourth-order valence-electron chi connectivity index (χ4n) is 3.75. The third-order valence-electron chi connectivity index (χ3n) is 5.68. The van der Waals surface area contributed by atoms with E-state index in [4.69, 9.17) is 14.9 Å². The second-order valence-corrected chi connectivity index (χ2v) is 8.00. The molecule has 2 rings (SSSR count). The number of nitrogens with one attached hydrogen (secondary N) is 3. The molecule has 2 aromatic rings. The Morgan fingerprint density at radius 1 is 1.34 bits per heavy atom. The van der Waals surface area contributed by atoms with Crippen LogP contribution in [0.2, 0.25) is 0 Å². The van der Waals surface area contributed by atoms with Gasteiger partial charge >= 0.3 is 0 Å². The van der Waals surface area contributed by atoms with Gasteiger partial charge in [-0.15, -0.1) is 0 Å². The van der Waals surface area contributed by atoms with Crippen LogP contribution in [0.4, 0.5) is 11.4 Å². The van der Waals surface area contributed by atoms with Crippen LogP contribution in [0, 0.1) is 18.3 Å². The number of rotatable bonds is 10. The first-order chi connectivity index (χ1) is 15.2. The van der Waals surface area contributed by atoms with Crippen LogP contribution in [0.5, 0.6) is 5.75 Å². The Kier molecular flexibility index (Phi) is 8.60. The average Bonchev–Trinajstić information content (AvgIpc) is 2.76. The van der Waals surface area contributed by atoms with Crippen molar-refractivity contribution in [3.8, 4) is 5.75 Å². The number of ether oxygens (including phenoxy) is 2. The van der Waals surface area contributed by atoms with Crippen LogP contribution in [-0.4, -0.2) is 58.1 Å². The van der Waals surface area contributed by atoms with E-state index in [1.54, 1.807) is 45.6 Å². The van der Waals surface area contributed by atoms with E-state index in [2.05, 4.69) is 29.5 Å². The Morgan fingerprint density at radius 2 is 2.03 bits per heavy atom. The molecule has 32 heavy (non-hydrogen) atoms.